The van der Waals surface area contributed by atoms with Crippen molar-refractivity contribution >= 4 is 7.82 Å². The standard InChI is InChI=1S/C18H39O10P/c1-13(19)7-23-16(4)10-26-29(22,27-11-17(5)24-8-14(2)20)28-12-18(6)25-9-15(3)21/h13-21H,7-12H2,1-6H3. The van der Waals surface area contributed by atoms with E-state index >= 15 is 0 Å². The van der Waals surface area contributed by atoms with Crippen LogP contribution in [0.2, 0.25) is 0 Å². The first-order valence-electron chi connectivity index (χ1n) is 9.86. The summed E-state index contributed by atoms with van der Waals surface area (Å²) in [7, 11) is -3.95. The van der Waals surface area contributed by atoms with Crippen LogP contribution in [0, 0.1) is 0 Å². The van der Waals surface area contributed by atoms with E-state index in [-0.39, 0.29) is 39.6 Å². The molecule has 0 radical (unpaired) electrons. The largest absolute Gasteiger partial charge is 0.475 e. The van der Waals surface area contributed by atoms with Crippen LogP contribution in [0.1, 0.15) is 41.5 Å². The molecule has 0 amide bonds. The van der Waals surface area contributed by atoms with Gasteiger partial charge in [-0.05, 0) is 41.5 Å². The molecule has 0 rings (SSSR count). The van der Waals surface area contributed by atoms with Gasteiger partial charge in [0.15, 0.2) is 0 Å². The molecular formula is C18H39O10P. The minimum atomic E-state index is -3.95. The number of aliphatic hydroxyl groups is 3. The van der Waals surface area contributed by atoms with Crippen molar-refractivity contribution in [1.82, 2.24) is 0 Å². The zero-order chi connectivity index (χ0) is 22.4. The van der Waals surface area contributed by atoms with Gasteiger partial charge in [-0.15, -0.1) is 0 Å². The van der Waals surface area contributed by atoms with Crippen LogP contribution in [0.3, 0.4) is 0 Å². The molecule has 0 spiro atoms. The Kier molecular flexibility index (Phi) is 15.6. The predicted molar refractivity (Wildman–Crippen MR) is 107 cm³/mol. The zero-order valence-electron chi connectivity index (χ0n) is 18.4. The summed E-state index contributed by atoms with van der Waals surface area (Å²) in [5.74, 6) is 0. The maximum absolute atomic E-state index is 13.0. The second-order valence-corrected chi connectivity index (χ2v) is 8.98. The Hall–Kier alpha value is -0.130. The third-order valence-electron chi connectivity index (χ3n) is 3.27. The molecule has 0 fully saturated rings. The highest BCUT2D eigenvalue weighted by atomic mass is 31.2. The Balaban J connectivity index is 4.68. The molecule has 11 heteroatoms. The van der Waals surface area contributed by atoms with Gasteiger partial charge in [0.2, 0.25) is 0 Å². The predicted octanol–water partition coefficient (Wildman–Crippen LogP) is 1.50. The Morgan fingerprint density at radius 3 is 1.00 bits per heavy atom. The number of aliphatic hydroxyl groups excluding tert-OH is 3. The number of phosphoric acid groups is 1. The lowest BCUT2D eigenvalue weighted by atomic mass is 10.4. The topological polar surface area (TPSA) is 133 Å². The van der Waals surface area contributed by atoms with Crippen molar-refractivity contribution < 1.29 is 47.7 Å². The van der Waals surface area contributed by atoms with Crippen LogP contribution in [0.4, 0.5) is 0 Å². The zero-order valence-corrected chi connectivity index (χ0v) is 19.2. The summed E-state index contributed by atoms with van der Waals surface area (Å²) in [6.45, 7) is 10.0. The fraction of sp³-hybridized carbons (Fsp3) is 1.00. The molecule has 0 saturated heterocycles. The highest BCUT2D eigenvalue weighted by Gasteiger charge is 2.30. The summed E-state index contributed by atoms with van der Waals surface area (Å²) in [6.07, 6.45) is -3.23. The van der Waals surface area contributed by atoms with E-state index in [1.807, 2.05) is 0 Å². The molecule has 0 aromatic rings. The first kappa shape index (κ1) is 28.9. The summed E-state index contributed by atoms with van der Waals surface area (Å²) in [4.78, 5) is 0. The molecule has 0 aromatic carbocycles. The Bertz CT molecular complexity index is 385. The number of ether oxygens (including phenoxy) is 3. The van der Waals surface area contributed by atoms with Crippen LogP contribution >= 0.6 is 7.82 Å². The van der Waals surface area contributed by atoms with Crippen LogP contribution < -0.4 is 0 Å². The summed E-state index contributed by atoms with van der Waals surface area (Å²) >= 11 is 0. The van der Waals surface area contributed by atoms with E-state index < -0.39 is 44.4 Å². The van der Waals surface area contributed by atoms with Gasteiger partial charge in [0.25, 0.3) is 0 Å². The molecule has 176 valence electrons. The van der Waals surface area contributed by atoms with Gasteiger partial charge >= 0.3 is 7.82 Å². The number of hydrogen-bond acceptors (Lipinski definition) is 10. The van der Waals surface area contributed by atoms with Gasteiger partial charge in [-0.2, -0.15) is 0 Å². The molecule has 0 heterocycles. The lowest BCUT2D eigenvalue weighted by Gasteiger charge is -2.24. The third-order valence-corrected chi connectivity index (χ3v) is 4.66. The minimum absolute atomic E-state index is 0.0736. The molecule has 29 heavy (non-hydrogen) atoms. The van der Waals surface area contributed by atoms with E-state index in [0.29, 0.717) is 0 Å². The lowest BCUT2D eigenvalue weighted by Crippen LogP contribution is -2.25. The van der Waals surface area contributed by atoms with Crippen molar-refractivity contribution in [3.8, 4) is 0 Å². The van der Waals surface area contributed by atoms with Crippen molar-refractivity contribution in [3.05, 3.63) is 0 Å². The fourth-order valence-electron chi connectivity index (χ4n) is 1.76. The molecular weight excluding hydrogens is 407 g/mol. The summed E-state index contributed by atoms with van der Waals surface area (Å²) in [6, 6.07) is 0. The van der Waals surface area contributed by atoms with Gasteiger partial charge in [-0.1, -0.05) is 0 Å². The first-order valence-corrected chi connectivity index (χ1v) is 11.3. The number of hydrogen-bond donors (Lipinski definition) is 3. The Labute approximate surface area is 174 Å². The Morgan fingerprint density at radius 1 is 0.552 bits per heavy atom. The molecule has 0 saturated carbocycles. The molecule has 0 aliphatic rings. The molecule has 3 N–H and O–H groups in total. The molecule has 0 aliphatic heterocycles. The number of phosphoric ester groups is 1. The molecule has 0 aliphatic carbocycles. The van der Waals surface area contributed by atoms with Crippen LogP contribution in [0.15, 0.2) is 0 Å². The monoisotopic (exact) mass is 446 g/mol. The van der Waals surface area contributed by atoms with E-state index in [2.05, 4.69) is 0 Å². The van der Waals surface area contributed by atoms with Gasteiger partial charge in [0, 0.05) is 0 Å². The van der Waals surface area contributed by atoms with Crippen molar-refractivity contribution in [3.63, 3.8) is 0 Å². The minimum Gasteiger partial charge on any atom is -0.391 e. The second-order valence-electron chi connectivity index (χ2n) is 7.31. The van der Waals surface area contributed by atoms with E-state index in [0.717, 1.165) is 0 Å². The number of rotatable bonds is 18. The maximum Gasteiger partial charge on any atom is 0.475 e. The van der Waals surface area contributed by atoms with Crippen LogP contribution in [-0.4, -0.2) is 91.6 Å². The van der Waals surface area contributed by atoms with Gasteiger partial charge in [0.05, 0.1) is 76.3 Å². The van der Waals surface area contributed by atoms with Gasteiger partial charge in [-0.25, -0.2) is 4.57 Å². The van der Waals surface area contributed by atoms with Crippen molar-refractivity contribution in [2.75, 3.05) is 39.6 Å². The smallest absolute Gasteiger partial charge is 0.391 e. The SMILES string of the molecule is CC(O)COC(C)COP(=O)(OCC(C)OCC(C)O)OCC(C)OCC(C)O. The highest BCUT2D eigenvalue weighted by molar-refractivity contribution is 7.48. The first-order chi connectivity index (χ1) is 13.4. The summed E-state index contributed by atoms with van der Waals surface area (Å²) < 4.78 is 45.2. The van der Waals surface area contributed by atoms with Crippen molar-refractivity contribution in [1.29, 1.82) is 0 Å². The quantitative estimate of drug-likeness (QED) is 0.266. The second kappa shape index (κ2) is 15.6. The van der Waals surface area contributed by atoms with Crippen molar-refractivity contribution in [2.45, 2.75) is 78.2 Å². The molecule has 6 unspecified atom stereocenters. The van der Waals surface area contributed by atoms with Crippen LogP contribution in [0.5, 0.6) is 0 Å². The fourth-order valence-corrected chi connectivity index (χ4v) is 3.16. The van der Waals surface area contributed by atoms with Crippen molar-refractivity contribution in [2.24, 2.45) is 0 Å². The van der Waals surface area contributed by atoms with E-state index in [4.69, 9.17) is 27.8 Å². The van der Waals surface area contributed by atoms with Gasteiger partial charge < -0.3 is 29.5 Å². The van der Waals surface area contributed by atoms with Crippen LogP contribution in [-0.2, 0) is 32.3 Å². The Morgan fingerprint density at radius 2 is 0.793 bits per heavy atom. The normalized spacial score (nSPS) is 20.4. The maximum atomic E-state index is 13.0. The molecule has 10 nitrogen and oxygen atoms in total. The van der Waals surface area contributed by atoms with E-state index in [9.17, 15) is 19.9 Å². The van der Waals surface area contributed by atoms with Crippen LogP contribution in [0.25, 0.3) is 0 Å². The lowest BCUT2D eigenvalue weighted by molar-refractivity contribution is -0.0444. The molecule has 0 aromatic heterocycles. The van der Waals surface area contributed by atoms with E-state index in [1.165, 1.54) is 0 Å². The summed E-state index contributed by atoms with van der Waals surface area (Å²) in [5, 5.41) is 27.8. The average Bonchev–Trinajstić information content (AvgIpc) is 2.64. The molecule has 0 bridgehead atoms. The average molecular weight is 446 g/mol. The van der Waals surface area contributed by atoms with E-state index in [1.54, 1.807) is 41.5 Å². The summed E-state index contributed by atoms with van der Waals surface area (Å²) in [5.41, 5.74) is 0. The van der Waals surface area contributed by atoms with Gasteiger partial charge in [-0.3, -0.25) is 13.6 Å². The highest BCUT2D eigenvalue weighted by Crippen LogP contribution is 2.50. The van der Waals surface area contributed by atoms with Gasteiger partial charge in [0.1, 0.15) is 0 Å². The molecule has 6 atom stereocenters. The third kappa shape index (κ3) is 17.3.